The first-order valence-corrected chi connectivity index (χ1v) is 4.39. The second kappa shape index (κ2) is 4.01. The maximum Gasteiger partial charge on any atom is 0.0748 e. The van der Waals surface area contributed by atoms with E-state index in [1.54, 1.807) is 12.1 Å². The van der Waals surface area contributed by atoms with Crippen LogP contribution in [-0.4, -0.2) is 0 Å². The molecule has 0 aromatic heterocycles. The van der Waals surface area contributed by atoms with Crippen molar-refractivity contribution in [1.29, 1.82) is 0 Å². The van der Waals surface area contributed by atoms with Crippen molar-refractivity contribution < 1.29 is 0 Å². The number of rotatable bonds is 1. The van der Waals surface area contributed by atoms with Crippen LogP contribution in [0.3, 0.4) is 0 Å². The molecule has 0 aliphatic rings. The highest BCUT2D eigenvalue weighted by molar-refractivity contribution is 9.10. The molecule has 0 amide bonds. The smallest absolute Gasteiger partial charge is 0.0748 e. The lowest BCUT2D eigenvalue weighted by molar-refractivity contribution is 1.47. The Bertz CT molecular complexity index is 337. The lowest BCUT2D eigenvalue weighted by Gasteiger charge is -1.99. The van der Waals surface area contributed by atoms with E-state index in [0.29, 0.717) is 10.0 Å². The van der Waals surface area contributed by atoms with Gasteiger partial charge in [0.1, 0.15) is 0 Å². The maximum absolute atomic E-state index is 8.17. The average Bonchev–Trinajstić information content (AvgIpc) is 1.96. The van der Waals surface area contributed by atoms with Crippen LogP contribution in [-0.2, 0) is 0 Å². The van der Waals surface area contributed by atoms with Crippen LogP contribution in [0.2, 0.25) is 10.0 Å². The van der Waals surface area contributed by atoms with E-state index in [1.807, 2.05) is 0 Å². The van der Waals surface area contributed by atoms with Crippen LogP contribution in [0.1, 0.15) is 0 Å². The van der Waals surface area contributed by atoms with Gasteiger partial charge in [-0.1, -0.05) is 44.2 Å². The van der Waals surface area contributed by atoms with Crippen molar-refractivity contribution in [2.75, 3.05) is 0 Å². The topological polar surface area (TPSA) is 48.8 Å². The molecule has 0 radical (unpaired) electrons. The molecule has 0 heterocycles. The van der Waals surface area contributed by atoms with Gasteiger partial charge in [-0.25, -0.2) is 0 Å². The molecule has 0 bridgehead atoms. The summed E-state index contributed by atoms with van der Waals surface area (Å²) in [6.07, 6.45) is 0. The Kier molecular flexibility index (Phi) is 3.23. The summed E-state index contributed by atoms with van der Waals surface area (Å²) in [5.41, 5.74) is 8.42. The van der Waals surface area contributed by atoms with Crippen LogP contribution >= 0.6 is 39.1 Å². The van der Waals surface area contributed by atoms with Gasteiger partial charge in [-0.2, -0.15) is 0 Å². The highest BCUT2D eigenvalue weighted by Crippen LogP contribution is 2.35. The molecule has 0 atom stereocenters. The van der Waals surface area contributed by atoms with Gasteiger partial charge in [-0.05, 0) is 17.7 Å². The monoisotopic (exact) mass is 265 g/mol. The van der Waals surface area contributed by atoms with Crippen molar-refractivity contribution in [2.45, 2.75) is 0 Å². The van der Waals surface area contributed by atoms with Gasteiger partial charge in [-0.3, -0.25) is 0 Å². The number of halogens is 3. The second-order valence-electron chi connectivity index (χ2n) is 1.91. The lowest BCUT2D eigenvalue weighted by atomic mass is 10.3. The largest absolute Gasteiger partial charge is 0.0837 e. The summed E-state index contributed by atoms with van der Waals surface area (Å²) in [5, 5.41) is 3.99. The normalized spacial score (nSPS) is 9.25. The van der Waals surface area contributed by atoms with Crippen LogP contribution in [0.15, 0.2) is 21.7 Å². The van der Waals surface area contributed by atoms with Gasteiger partial charge in [-0.15, -0.1) is 0 Å². The molecule has 1 rings (SSSR count). The van der Waals surface area contributed by atoms with Gasteiger partial charge >= 0.3 is 0 Å². The van der Waals surface area contributed by atoms with E-state index in [1.165, 1.54) is 0 Å². The predicted octanol–water partition coefficient (Wildman–Crippen LogP) is 4.70. The lowest BCUT2D eigenvalue weighted by Crippen LogP contribution is -1.71. The maximum atomic E-state index is 8.17. The highest BCUT2D eigenvalue weighted by Gasteiger charge is 2.04. The Morgan fingerprint density at radius 3 is 2.25 bits per heavy atom. The van der Waals surface area contributed by atoms with Crippen LogP contribution in [0.4, 0.5) is 5.69 Å². The van der Waals surface area contributed by atoms with E-state index in [0.717, 1.165) is 4.47 Å². The summed E-state index contributed by atoms with van der Waals surface area (Å²) < 4.78 is 0.745. The van der Waals surface area contributed by atoms with Gasteiger partial charge in [0, 0.05) is 9.38 Å². The average molecular weight is 267 g/mol. The van der Waals surface area contributed by atoms with E-state index in [2.05, 4.69) is 26.0 Å². The molecule has 0 aliphatic carbocycles. The van der Waals surface area contributed by atoms with Gasteiger partial charge in [0.2, 0.25) is 0 Å². The van der Waals surface area contributed by atoms with Crippen LogP contribution in [0, 0.1) is 0 Å². The fraction of sp³-hybridized carbons (Fsp3) is 0. The summed E-state index contributed by atoms with van der Waals surface area (Å²) >= 11 is 14.7. The Morgan fingerprint density at radius 2 is 1.83 bits per heavy atom. The number of hydrogen-bond donors (Lipinski definition) is 0. The third-order valence-corrected chi connectivity index (χ3v) is 2.16. The third kappa shape index (κ3) is 2.05. The minimum absolute atomic E-state index is 0.254. The molecule has 6 heteroatoms. The van der Waals surface area contributed by atoms with Crippen molar-refractivity contribution in [3.05, 3.63) is 37.1 Å². The Balaban J connectivity index is 3.37. The van der Waals surface area contributed by atoms with E-state index in [4.69, 9.17) is 28.7 Å². The van der Waals surface area contributed by atoms with Crippen LogP contribution in [0.5, 0.6) is 0 Å². The predicted molar refractivity (Wildman–Crippen MR) is 53.0 cm³/mol. The van der Waals surface area contributed by atoms with Gasteiger partial charge in [0.05, 0.1) is 15.7 Å². The van der Waals surface area contributed by atoms with Crippen LogP contribution < -0.4 is 0 Å². The molecule has 0 spiro atoms. The van der Waals surface area contributed by atoms with Gasteiger partial charge < -0.3 is 0 Å². The minimum Gasteiger partial charge on any atom is -0.0837 e. The first kappa shape index (κ1) is 9.68. The number of azide groups is 1. The van der Waals surface area contributed by atoms with E-state index in [9.17, 15) is 0 Å². The molecule has 0 fully saturated rings. The second-order valence-corrected chi connectivity index (χ2v) is 3.64. The molecule has 62 valence electrons. The summed E-state index contributed by atoms with van der Waals surface area (Å²) in [5.74, 6) is 0. The number of benzene rings is 1. The molecule has 0 aliphatic heterocycles. The van der Waals surface area contributed by atoms with Crippen molar-refractivity contribution in [3.8, 4) is 0 Å². The molecule has 0 saturated heterocycles. The quantitative estimate of drug-likeness (QED) is 0.402. The van der Waals surface area contributed by atoms with Crippen molar-refractivity contribution in [2.24, 2.45) is 5.11 Å². The van der Waals surface area contributed by atoms with Crippen molar-refractivity contribution in [3.63, 3.8) is 0 Å². The molecule has 12 heavy (non-hydrogen) atoms. The fourth-order valence-electron chi connectivity index (χ4n) is 0.675. The Hall–Kier alpha value is -0.410. The fourth-order valence-corrected chi connectivity index (χ4v) is 1.96. The zero-order valence-corrected chi connectivity index (χ0v) is 8.73. The summed E-state index contributed by atoms with van der Waals surface area (Å²) in [6.45, 7) is 0. The van der Waals surface area contributed by atoms with Gasteiger partial charge in [0.15, 0.2) is 0 Å². The standard InChI is InChI=1S/C6H2BrCl2N3/c7-3-1-4(8)6(11-12-10)5(9)2-3/h1-2H. The first-order chi connectivity index (χ1) is 5.65. The first-order valence-electron chi connectivity index (χ1n) is 2.85. The minimum atomic E-state index is 0.254. The van der Waals surface area contributed by atoms with Crippen LogP contribution in [0.25, 0.3) is 10.4 Å². The SMILES string of the molecule is [N-]=[N+]=Nc1c(Cl)cc(Br)cc1Cl. The summed E-state index contributed by atoms with van der Waals surface area (Å²) in [4.78, 5) is 2.60. The van der Waals surface area contributed by atoms with E-state index in [-0.39, 0.29) is 5.69 Å². The Labute approximate surface area is 87.0 Å². The molecule has 0 saturated carbocycles. The zero-order chi connectivity index (χ0) is 9.14. The molecule has 0 unspecified atom stereocenters. The number of hydrogen-bond acceptors (Lipinski definition) is 1. The molecule has 1 aromatic rings. The van der Waals surface area contributed by atoms with Crippen molar-refractivity contribution in [1.82, 2.24) is 0 Å². The molecule has 3 nitrogen and oxygen atoms in total. The van der Waals surface area contributed by atoms with E-state index >= 15 is 0 Å². The molecule has 1 aromatic carbocycles. The summed E-state index contributed by atoms with van der Waals surface area (Å²) in [7, 11) is 0. The molecular weight excluding hydrogens is 265 g/mol. The van der Waals surface area contributed by atoms with E-state index < -0.39 is 0 Å². The third-order valence-electron chi connectivity index (χ3n) is 1.13. The zero-order valence-electron chi connectivity index (χ0n) is 5.63. The Morgan fingerprint density at radius 1 is 1.33 bits per heavy atom. The van der Waals surface area contributed by atoms with Gasteiger partial charge in [0.25, 0.3) is 0 Å². The highest BCUT2D eigenvalue weighted by atomic mass is 79.9. The number of nitrogens with zero attached hydrogens (tertiary/aromatic N) is 3. The van der Waals surface area contributed by atoms with Crippen molar-refractivity contribution >= 4 is 44.8 Å². The molecular formula is C6H2BrCl2N3. The molecule has 0 N–H and O–H groups in total. The summed E-state index contributed by atoms with van der Waals surface area (Å²) in [6, 6.07) is 3.22.